The molecule has 1 N–H and O–H groups in total. The zero-order valence-electron chi connectivity index (χ0n) is 10.9. The number of nitrogens with zero attached hydrogens (tertiary/aromatic N) is 1. The monoisotopic (exact) mass is 228 g/mol. The zero-order valence-corrected chi connectivity index (χ0v) is 10.9. The number of carbonyl (C=O) groups excluding carboxylic acids is 1. The van der Waals surface area contributed by atoms with Crippen LogP contribution in [-0.2, 0) is 9.53 Å². The lowest BCUT2D eigenvalue weighted by atomic mass is 9.98. The van der Waals surface area contributed by atoms with Crippen molar-refractivity contribution < 1.29 is 9.53 Å². The summed E-state index contributed by atoms with van der Waals surface area (Å²) >= 11 is 0. The van der Waals surface area contributed by atoms with Gasteiger partial charge in [-0.1, -0.05) is 0 Å². The third kappa shape index (κ3) is 4.10. The zero-order chi connectivity index (χ0) is 12.2. The van der Waals surface area contributed by atoms with Gasteiger partial charge in [-0.25, -0.2) is 0 Å². The smallest absolute Gasteiger partial charge is 0.246 e. The standard InChI is InChI=1S/C12H24N2O2/c1-12(2,3)14-7-5-10(6-8-14)13-11(15)9-16-4/h10H,5-9H2,1-4H3,(H,13,15). The fourth-order valence-corrected chi connectivity index (χ4v) is 2.10. The molecule has 0 saturated carbocycles. The lowest BCUT2D eigenvalue weighted by Gasteiger charge is -2.41. The summed E-state index contributed by atoms with van der Waals surface area (Å²) in [5.74, 6) is -0.00305. The number of piperidine rings is 1. The molecule has 16 heavy (non-hydrogen) atoms. The van der Waals surface area contributed by atoms with Gasteiger partial charge in [0.2, 0.25) is 5.91 Å². The van der Waals surface area contributed by atoms with Gasteiger partial charge in [0.25, 0.3) is 0 Å². The van der Waals surface area contributed by atoms with Crippen molar-refractivity contribution >= 4 is 5.91 Å². The molecule has 0 aliphatic carbocycles. The van der Waals surface area contributed by atoms with E-state index in [1.807, 2.05) is 0 Å². The lowest BCUT2D eigenvalue weighted by Crippen LogP contribution is -2.51. The molecular formula is C12H24N2O2. The maximum atomic E-state index is 11.3. The van der Waals surface area contributed by atoms with Gasteiger partial charge >= 0.3 is 0 Å². The van der Waals surface area contributed by atoms with Gasteiger partial charge in [0.15, 0.2) is 0 Å². The summed E-state index contributed by atoms with van der Waals surface area (Å²) in [4.78, 5) is 13.8. The summed E-state index contributed by atoms with van der Waals surface area (Å²) in [7, 11) is 1.54. The van der Waals surface area contributed by atoms with E-state index in [1.54, 1.807) is 7.11 Å². The maximum Gasteiger partial charge on any atom is 0.246 e. The van der Waals surface area contributed by atoms with Crippen LogP contribution >= 0.6 is 0 Å². The van der Waals surface area contributed by atoms with Gasteiger partial charge in [0.1, 0.15) is 6.61 Å². The Morgan fingerprint density at radius 1 is 1.38 bits per heavy atom. The van der Waals surface area contributed by atoms with E-state index in [-0.39, 0.29) is 18.1 Å². The van der Waals surface area contributed by atoms with Crippen LogP contribution in [0.25, 0.3) is 0 Å². The van der Waals surface area contributed by atoms with Gasteiger partial charge in [-0.2, -0.15) is 0 Å². The minimum Gasteiger partial charge on any atom is -0.375 e. The number of ether oxygens (including phenoxy) is 1. The quantitative estimate of drug-likeness (QED) is 0.784. The molecule has 0 aromatic heterocycles. The molecule has 0 aromatic carbocycles. The molecule has 1 aliphatic rings. The minimum absolute atomic E-state index is 0.00305. The highest BCUT2D eigenvalue weighted by molar-refractivity contribution is 5.77. The first-order valence-electron chi connectivity index (χ1n) is 5.97. The molecular weight excluding hydrogens is 204 g/mol. The molecule has 1 heterocycles. The van der Waals surface area contributed by atoms with Crippen LogP contribution in [0.5, 0.6) is 0 Å². The third-order valence-corrected chi connectivity index (χ3v) is 3.08. The molecule has 0 bridgehead atoms. The summed E-state index contributed by atoms with van der Waals surface area (Å²) in [5, 5.41) is 3.00. The average Bonchev–Trinajstić information content (AvgIpc) is 2.17. The van der Waals surface area contributed by atoms with Gasteiger partial charge in [-0.3, -0.25) is 9.69 Å². The first kappa shape index (κ1) is 13.5. The predicted molar refractivity (Wildman–Crippen MR) is 64.4 cm³/mol. The molecule has 0 radical (unpaired) electrons. The highest BCUT2D eigenvalue weighted by Gasteiger charge is 2.27. The molecule has 94 valence electrons. The van der Waals surface area contributed by atoms with E-state index >= 15 is 0 Å². The molecule has 1 rings (SSSR count). The number of likely N-dealkylation sites (tertiary alicyclic amines) is 1. The van der Waals surface area contributed by atoms with E-state index in [1.165, 1.54) is 0 Å². The van der Waals surface area contributed by atoms with Gasteiger partial charge in [0, 0.05) is 31.8 Å². The molecule has 1 saturated heterocycles. The maximum absolute atomic E-state index is 11.3. The molecule has 0 aromatic rings. The van der Waals surface area contributed by atoms with Crippen LogP contribution in [-0.4, -0.2) is 49.2 Å². The predicted octanol–water partition coefficient (Wildman–Crippen LogP) is 1.01. The number of rotatable bonds is 3. The number of carbonyl (C=O) groups is 1. The van der Waals surface area contributed by atoms with E-state index in [4.69, 9.17) is 4.74 Å². The van der Waals surface area contributed by atoms with Crippen LogP contribution in [0.3, 0.4) is 0 Å². The highest BCUT2D eigenvalue weighted by atomic mass is 16.5. The van der Waals surface area contributed by atoms with Crippen LogP contribution in [0.2, 0.25) is 0 Å². The Morgan fingerprint density at radius 3 is 2.38 bits per heavy atom. The topological polar surface area (TPSA) is 41.6 Å². The second-order valence-corrected chi connectivity index (χ2v) is 5.43. The van der Waals surface area contributed by atoms with Gasteiger partial charge in [0.05, 0.1) is 0 Å². The third-order valence-electron chi connectivity index (χ3n) is 3.08. The van der Waals surface area contributed by atoms with Crippen molar-refractivity contribution in [1.82, 2.24) is 10.2 Å². The first-order valence-corrected chi connectivity index (χ1v) is 5.97. The van der Waals surface area contributed by atoms with Gasteiger partial charge in [-0.05, 0) is 33.6 Å². The Labute approximate surface area is 98.3 Å². The second-order valence-electron chi connectivity index (χ2n) is 5.43. The molecule has 1 aliphatic heterocycles. The summed E-state index contributed by atoms with van der Waals surface area (Å²) in [6.45, 7) is 8.98. The van der Waals surface area contributed by atoms with Crippen molar-refractivity contribution in [2.75, 3.05) is 26.8 Å². The second kappa shape index (κ2) is 5.64. The van der Waals surface area contributed by atoms with E-state index in [2.05, 4.69) is 31.0 Å². The molecule has 4 nitrogen and oxygen atoms in total. The molecule has 0 atom stereocenters. The number of methoxy groups -OCH3 is 1. The fourth-order valence-electron chi connectivity index (χ4n) is 2.10. The summed E-state index contributed by atoms with van der Waals surface area (Å²) < 4.78 is 4.80. The van der Waals surface area contributed by atoms with Crippen LogP contribution in [0.15, 0.2) is 0 Å². The molecule has 1 fully saturated rings. The fraction of sp³-hybridized carbons (Fsp3) is 0.917. The Bertz CT molecular complexity index is 228. The molecule has 0 unspecified atom stereocenters. The Hall–Kier alpha value is -0.610. The van der Waals surface area contributed by atoms with Crippen molar-refractivity contribution in [3.63, 3.8) is 0 Å². The largest absolute Gasteiger partial charge is 0.375 e. The summed E-state index contributed by atoms with van der Waals surface area (Å²) in [6, 6.07) is 0.321. The van der Waals surface area contributed by atoms with Gasteiger partial charge < -0.3 is 10.1 Å². The summed E-state index contributed by atoms with van der Waals surface area (Å²) in [5.41, 5.74) is 0.238. The molecule has 4 heteroatoms. The molecule has 1 amide bonds. The summed E-state index contributed by atoms with van der Waals surface area (Å²) in [6.07, 6.45) is 2.07. The normalized spacial score (nSPS) is 19.8. The minimum atomic E-state index is -0.00305. The van der Waals surface area contributed by atoms with Crippen molar-refractivity contribution in [2.45, 2.75) is 45.2 Å². The van der Waals surface area contributed by atoms with Crippen LogP contribution in [0, 0.1) is 0 Å². The van der Waals surface area contributed by atoms with E-state index in [0.29, 0.717) is 6.04 Å². The van der Waals surface area contributed by atoms with Crippen LogP contribution in [0.4, 0.5) is 0 Å². The lowest BCUT2D eigenvalue weighted by molar-refractivity contribution is -0.125. The van der Waals surface area contributed by atoms with Crippen molar-refractivity contribution in [1.29, 1.82) is 0 Å². The van der Waals surface area contributed by atoms with Crippen LogP contribution < -0.4 is 5.32 Å². The number of amides is 1. The van der Waals surface area contributed by atoms with E-state index < -0.39 is 0 Å². The SMILES string of the molecule is COCC(=O)NC1CCN(C(C)(C)C)CC1. The Balaban J connectivity index is 2.30. The average molecular weight is 228 g/mol. The van der Waals surface area contributed by atoms with E-state index in [9.17, 15) is 4.79 Å². The first-order chi connectivity index (χ1) is 7.43. The van der Waals surface area contributed by atoms with Gasteiger partial charge in [-0.15, -0.1) is 0 Å². The van der Waals surface area contributed by atoms with Crippen LogP contribution in [0.1, 0.15) is 33.6 Å². The Kier molecular flexibility index (Phi) is 4.74. The number of nitrogens with one attached hydrogen (secondary N) is 1. The number of hydrogen-bond acceptors (Lipinski definition) is 3. The number of hydrogen-bond donors (Lipinski definition) is 1. The van der Waals surface area contributed by atoms with Crippen molar-refractivity contribution in [3.05, 3.63) is 0 Å². The van der Waals surface area contributed by atoms with Crippen molar-refractivity contribution in [3.8, 4) is 0 Å². The highest BCUT2D eigenvalue weighted by Crippen LogP contribution is 2.19. The Morgan fingerprint density at radius 2 is 1.94 bits per heavy atom. The van der Waals surface area contributed by atoms with Crippen molar-refractivity contribution in [2.24, 2.45) is 0 Å². The molecule has 0 spiro atoms. The van der Waals surface area contributed by atoms with E-state index in [0.717, 1.165) is 25.9 Å².